The van der Waals surface area contributed by atoms with Gasteiger partial charge in [-0.1, -0.05) is 20.3 Å². The van der Waals surface area contributed by atoms with Crippen molar-refractivity contribution in [3.63, 3.8) is 0 Å². The van der Waals surface area contributed by atoms with Gasteiger partial charge in [0.15, 0.2) is 0 Å². The van der Waals surface area contributed by atoms with E-state index in [2.05, 4.69) is 0 Å². The number of carbonyl (C=O) groups excluding carboxylic acids is 2. The van der Waals surface area contributed by atoms with Crippen molar-refractivity contribution in [1.29, 1.82) is 0 Å². The Labute approximate surface area is 74.3 Å². The molecule has 0 aliphatic rings. The van der Waals surface area contributed by atoms with Crippen LogP contribution in [0, 0.1) is 11.8 Å². The SMILES string of the molecule is CCC(C=O)CCCC(C)C=O. The predicted molar refractivity (Wildman–Crippen MR) is 48.9 cm³/mol. The molecule has 0 aromatic carbocycles. The highest BCUT2D eigenvalue weighted by Crippen LogP contribution is 2.12. The van der Waals surface area contributed by atoms with Crippen LogP contribution in [0.1, 0.15) is 39.5 Å². The molecular formula is C10H18O2. The topological polar surface area (TPSA) is 34.1 Å². The zero-order valence-corrected chi connectivity index (χ0v) is 7.95. The van der Waals surface area contributed by atoms with E-state index in [1.54, 1.807) is 0 Å². The van der Waals surface area contributed by atoms with Gasteiger partial charge in [0, 0.05) is 11.8 Å². The highest BCUT2D eigenvalue weighted by molar-refractivity contribution is 5.53. The molecule has 0 heterocycles. The van der Waals surface area contributed by atoms with Gasteiger partial charge in [-0.2, -0.15) is 0 Å². The molecule has 70 valence electrons. The maximum Gasteiger partial charge on any atom is 0.123 e. The van der Waals surface area contributed by atoms with Crippen LogP contribution >= 0.6 is 0 Å². The predicted octanol–water partition coefficient (Wildman–Crippen LogP) is 2.22. The van der Waals surface area contributed by atoms with E-state index >= 15 is 0 Å². The van der Waals surface area contributed by atoms with Crippen molar-refractivity contribution in [2.45, 2.75) is 39.5 Å². The Balaban J connectivity index is 3.40. The molecule has 0 aliphatic carbocycles. The fourth-order valence-electron chi connectivity index (χ4n) is 1.14. The Kier molecular flexibility index (Phi) is 6.63. The van der Waals surface area contributed by atoms with Gasteiger partial charge in [0.05, 0.1) is 0 Å². The van der Waals surface area contributed by atoms with E-state index in [-0.39, 0.29) is 11.8 Å². The number of hydrogen-bond donors (Lipinski definition) is 0. The molecule has 0 saturated heterocycles. The van der Waals surface area contributed by atoms with Crippen LogP contribution in [0.4, 0.5) is 0 Å². The van der Waals surface area contributed by atoms with Crippen molar-refractivity contribution in [2.24, 2.45) is 11.8 Å². The number of rotatable bonds is 7. The summed E-state index contributed by atoms with van der Waals surface area (Å²) in [4.78, 5) is 20.7. The van der Waals surface area contributed by atoms with E-state index in [1.165, 1.54) is 0 Å². The normalized spacial score (nSPS) is 15.2. The summed E-state index contributed by atoms with van der Waals surface area (Å²) >= 11 is 0. The van der Waals surface area contributed by atoms with Crippen molar-refractivity contribution < 1.29 is 9.59 Å². The summed E-state index contributed by atoms with van der Waals surface area (Å²) in [5, 5.41) is 0. The minimum Gasteiger partial charge on any atom is -0.303 e. The molecule has 2 nitrogen and oxygen atoms in total. The zero-order chi connectivity index (χ0) is 9.40. The summed E-state index contributed by atoms with van der Waals surface area (Å²) in [6.45, 7) is 3.93. The van der Waals surface area contributed by atoms with Gasteiger partial charge >= 0.3 is 0 Å². The molecule has 12 heavy (non-hydrogen) atoms. The smallest absolute Gasteiger partial charge is 0.123 e. The molecule has 2 atom stereocenters. The first-order valence-corrected chi connectivity index (χ1v) is 4.65. The van der Waals surface area contributed by atoms with Crippen molar-refractivity contribution >= 4 is 12.6 Å². The summed E-state index contributed by atoms with van der Waals surface area (Å²) in [6.07, 6.45) is 5.73. The lowest BCUT2D eigenvalue weighted by Crippen LogP contribution is -2.02. The molecule has 2 unspecified atom stereocenters. The summed E-state index contributed by atoms with van der Waals surface area (Å²) in [6, 6.07) is 0. The highest BCUT2D eigenvalue weighted by atomic mass is 16.1. The molecule has 0 radical (unpaired) electrons. The molecule has 0 N–H and O–H groups in total. The van der Waals surface area contributed by atoms with E-state index in [9.17, 15) is 9.59 Å². The number of carbonyl (C=O) groups is 2. The summed E-state index contributed by atoms with van der Waals surface area (Å²) < 4.78 is 0. The molecule has 0 aliphatic heterocycles. The van der Waals surface area contributed by atoms with Gasteiger partial charge in [-0.25, -0.2) is 0 Å². The first kappa shape index (κ1) is 11.3. The second-order valence-corrected chi connectivity index (χ2v) is 3.35. The average molecular weight is 170 g/mol. The van der Waals surface area contributed by atoms with Crippen LogP contribution in [-0.4, -0.2) is 12.6 Å². The molecule has 0 spiro atoms. The van der Waals surface area contributed by atoms with Crippen LogP contribution < -0.4 is 0 Å². The molecule has 0 aromatic heterocycles. The van der Waals surface area contributed by atoms with E-state index in [1.807, 2.05) is 13.8 Å². The Morgan fingerprint density at radius 2 is 1.83 bits per heavy atom. The fourth-order valence-corrected chi connectivity index (χ4v) is 1.14. The van der Waals surface area contributed by atoms with Gasteiger partial charge < -0.3 is 9.59 Å². The molecule has 0 amide bonds. The molecule has 0 rings (SSSR count). The van der Waals surface area contributed by atoms with Crippen LogP contribution in [0.5, 0.6) is 0 Å². The third-order valence-corrected chi connectivity index (χ3v) is 2.18. The Hall–Kier alpha value is -0.660. The standard InChI is InChI=1S/C10H18O2/c1-3-10(8-12)6-4-5-9(2)7-11/h7-10H,3-6H2,1-2H3. The van der Waals surface area contributed by atoms with Crippen LogP contribution in [0.2, 0.25) is 0 Å². The van der Waals surface area contributed by atoms with E-state index in [4.69, 9.17) is 0 Å². The van der Waals surface area contributed by atoms with Crippen LogP contribution in [-0.2, 0) is 9.59 Å². The van der Waals surface area contributed by atoms with Crippen molar-refractivity contribution in [3.05, 3.63) is 0 Å². The zero-order valence-electron chi connectivity index (χ0n) is 7.95. The molecule has 2 heteroatoms. The van der Waals surface area contributed by atoms with Gasteiger partial charge in [0.25, 0.3) is 0 Å². The van der Waals surface area contributed by atoms with E-state index in [0.29, 0.717) is 0 Å². The quantitative estimate of drug-likeness (QED) is 0.549. The summed E-state index contributed by atoms with van der Waals surface area (Å²) in [5.41, 5.74) is 0. The largest absolute Gasteiger partial charge is 0.303 e. The van der Waals surface area contributed by atoms with Crippen molar-refractivity contribution in [3.8, 4) is 0 Å². The van der Waals surface area contributed by atoms with E-state index < -0.39 is 0 Å². The maximum absolute atomic E-state index is 10.4. The van der Waals surface area contributed by atoms with Crippen LogP contribution in [0.15, 0.2) is 0 Å². The van der Waals surface area contributed by atoms with Gasteiger partial charge in [0.1, 0.15) is 12.6 Å². The van der Waals surface area contributed by atoms with Crippen LogP contribution in [0.3, 0.4) is 0 Å². The van der Waals surface area contributed by atoms with Gasteiger partial charge in [0.2, 0.25) is 0 Å². The second kappa shape index (κ2) is 7.01. The molecule has 0 aromatic rings. The maximum atomic E-state index is 10.4. The fraction of sp³-hybridized carbons (Fsp3) is 0.800. The van der Waals surface area contributed by atoms with Gasteiger partial charge in [-0.05, 0) is 19.3 Å². The molecule has 0 bridgehead atoms. The lowest BCUT2D eigenvalue weighted by molar-refractivity contribution is -0.111. The summed E-state index contributed by atoms with van der Waals surface area (Å²) in [7, 11) is 0. The van der Waals surface area contributed by atoms with Gasteiger partial charge in [-0.3, -0.25) is 0 Å². The van der Waals surface area contributed by atoms with Crippen molar-refractivity contribution in [1.82, 2.24) is 0 Å². The van der Waals surface area contributed by atoms with Gasteiger partial charge in [-0.15, -0.1) is 0 Å². The lowest BCUT2D eigenvalue weighted by atomic mass is 9.97. The van der Waals surface area contributed by atoms with Crippen LogP contribution in [0.25, 0.3) is 0 Å². The Morgan fingerprint density at radius 3 is 2.25 bits per heavy atom. The highest BCUT2D eigenvalue weighted by Gasteiger charge is 2.05. The number of hydrogen-bond acceptors (Lipinski definition) is 2. The first-order valence-electron chi connectivity index (χ1n) is 4.65. The monoisotopic (exact) mass is 170 g/mol. The first-order chi connectivity index (χ1) is 5.74. The molecule has 0 fully saturated rings. The Morgan fingerprint density at radius 1 is 1.17 bits per heavy atom. The third kappa shape index (κ3) is 5.05. The molecule has 0 saturated carbocycles. The average Bonchev–Trinajstić information content (AvgIpc) is 2.12. The number of aldehydes is 2. The Bertz CT molecular complexity index is 132. The van der Waals surface area contributed by atoms with E-state index in [0.717, 1.165) is 38.3 Å². The minimum atomic E-state index is 0.147. The second-order valence-electron chi connectivity index (χ2n) is 3.35. The lowest BCUT2D eigenvalue weighted by Gasteiger charge is -2.07. The third-order valence-electron chi connectivity index (χ3n) is 2.18. The summed E-state index contributed by atoms with van der Waals surface area (Å²) in [5.74, 6) is 0.345. The molecular weight excluding hydrogens is 152 g/mol. The van der Waals surface area contributed by atoms with Crippen molar-refractivity contribution in [2.75, 3.05) is 0 Å². The minimum absolute atomic E-state index is 0.147.